The molecule has 0 bridgehead atoms. The first kappa shape index (κ1) is 12.3. The second-order valence-corrected chi connectivity index (χ2v) is 4.45. The number of nitrogens with two attached hydrogens (primary N) is 1. The molecule has 0 radical (unpaired) electrons. The standard InChI is InChI=1S/C13H17N5/c1-9(12(14)15)7-18(2)13-10-5-3-4-6-11(10)16-8-17-13/h3-6,8-9H,7H2,1-2H3,(H3,14,15). The molecule has 1 aromatic carbocycles. The summed E-state index contributed by atoms with van der Waals surface area (Å²) in [5, 5.41) is 8.45. The number of hydrogen-bond acceptors (Lipinski definition) is 4. The highest BCUT2D eigenvalue weighted by atomic mass is 15.2. The van der Waals surface area contributed by atoms with E-state index in [1.807, 2.05) is 43.1 Å². The van der Waals surface area contributed by atoms with E-state index in [-0.39, 0.29) is 11.8 Å². The van der Waals surface area contributed by atoms with Crippen LogP contribution in [0, 0.1) is 11.3 Å². The number of nitrogens with zero attached hydrogens (tertiary/aromatic N) is 3. The zero-order valence-electron chi connectivity index (χ0n) is 10.6. The normalized spacial score (nSPS) is 12.3. The highest BCUT2D eigenvalue weighted by Crippen LogP contribution is 2.21. The fourth-order valence-electron chi connectivity index (χ4n) is 1.89. The first-order valence-electron chi connectivity index (χ1n) is 5.84. The van der Waals surface area contributed by atoms with Crippen molar-refractivity contribution in [1.82, 2.24) is 9.97 Å². The van der Waals surface area contributed by atoms with Crippen LogP contribution in [0.1, 0.15) is 6.92 Å². The number of rotatable bonds is 4. The molecule has 0 saturated carbocycles. The Hall–Kier alpha value is -2.17. The molecular formula is C13H17N5. The van der Waals surface area contributed by atoms with Crippen molar-refractivity contribution < 1.29 is 0 Å². The zero-order valence-corrected chi connectivity index (χ0v) is 10.6. The van der Waals surface area contributed by atoms with Crippen molar-refractivity contribution in [2.45, 2.75) is 6.92 Å². The summed E-state index contributed by atoms with van der Waals surface area (Å²) < 4.78 is 0. The fourth-order valence-corrected chi connectivity index (χ4v) is 1.89. The van der Waals surface area contributed by atoms with Gasteiger partial charge >= 0.3 is 0 Å². The minimum atomic E-state index is 0.00345. The highest BCUT2D eigenvalue weighted by Gasteiger charge is 2.13. The molecule has 5 nitrogen and oxygen atoms in total. The topological polar surface area (TPSA) is 78.9 Å². The van der Waals surface area contributed by atoms with Crippen molar-refractivity contribution in [2.24, 2.45) is 11.7 Å². The molecule has 0 aliphatic heterocycles. The Morgan fingerprint density at radius 1 is 1.39 bits per heavy atom. The molecule has 1 aromatic heterocycles. The van der Waals surface area contributed by atoms with E-state index in [9.17, 15) is 0 Å². The van der Waals surface area contributed by atoms with Gasteiger partial charge in [-0.15, -0.1) is 0 Å². The average molecular weight is 243 g/mol. The monoisotopic (exact) mass is 243 g/mol. The van der Waals surface area contributed by atoms with Crippen LogP contribution >= 0.6 is 0 Å². The Labute approximate surface area is 106 Å². The SMILES string of the molecule is CC(CN(C)c1ncnc2ccccc12)C(=N)N. The third-order valence-electron chi connectivity index (χ3n) is 2.96. The minimum absolute atomic E-state index is 0.00345. The lowest BCUT2D eigenvalue weighted by atomic mass is 10.1. The van der Waals surface area contributed by atoms with E-state index in [4.69, 9.17) is 11.1 Å². The summed E-state index contributed by atoms with van der Waals surface area (Å²) in [4.78, 5) is 10.6. The van der Waals surface area contributed by atoms with E-state index >= 15 is 0 Å². The van der Waals surface area contributed by atoms with E-state index in [0.717, 1.165) is 16.7 Å². The molecular weight excluding hydrogens is 226 g/mol. The molecule has 5 heteroatoms. The predicted molar refractivity (Wildman–Crippen MR) is 73.9 cm³/mol. The molecule has 18 heavy (non-hydrogen) atoms. The molecule has 1 unspecified atom stereocenters. The van der Waals surface area contributed by atoms with E-state index in [1.165, 1.54) is 0 Å². The molecule has 0 amide bonds. The van der Waals surface area contributed by atoms with Gasteiger partial charge in [-0.3, -0.25) is 5.41 Å². The van der Waals surface area contributed by atoms with Gasteiger partial charge in [0, 0.05) is 24.9 Å². The Kier molecular flexibility index (Phi) is 3.41. The van der Waals surface area contributed by atoms with Gasteiger partial charge in [0.25, 0.3) is 0 Å². The molecule has 94 valence electrons. The average Bonchev–Trinajstić information content (AvgIpc) is 2.37. The lowest BCUT2D eigenvalue weighted by Crippen LogP contribution is -2.32. The van der Waals surface area contributed by atoms with Crippen LogP contribution in [0.15, 0.2) is 30.6 Å². The molecule has 2 rings (SSSR count). The molecule has 3 N–H and O–H groups in total. The lowest BCUT2D eigenvalue weighted by molar-refractivity contribution is 0.724. The smallest absolute Gasteiger partial charge is 0.139 e. The van der Waals surface area contributed by atoms with Gasteiger partial charge in [-0.05, 0) is 12.1 Å². The molecule has 1 heterocycles. The van der Waals surface area contributed by atoms with Gasteiger partial charge < -0.3 is 10.6 Å². The first-order chi connectivity index (χ1) is 8.59. The highest BCUT2D eigenvalue weighted by molar-refractivity contribution is 5.89. The van der Waals surface area contributed by atoms with Crippen LogP contribution in [0.5, 0.6) is 0 Å². The van der Waals surface area contributed by atoms with Gasteiger partial charge in [-0.25, -0.2) is 9.97 Å². The van der Waals surface area contributed by atoms with Crippen LogP contribution in [0.2, 0.25) is 0 Å². The third kappa shape index (κ3) is 2.40. The second kappa shape index (κ2) is 5.00. The van der Waals surface area contributed by atoms with Crippen LogP contribution in [0.3, 0.4) is 0 Å². The maximum atomic E-state index is 7.44. The quantitative estimate of drug-likeness (QED) is 0.632. The third-order valence-corrected chi connectivity index (χ3v) is 2.96. The van der Waals surface area contributed by atoms with Crippen molar-refractivity contribution in [3.05, 3.63) is 30.6 Å². The van der Waals surface area contributed by atoms with Gasteiger partial charge in [-0.2, -0.15) is 0 Å². The molecule has 2 aromatic rings. The van der Waals surface area contributed by atoms with Crippen molar-refractivity contribution in [3.63, 3.8) is 0 Å². The number of benzene rings is 1. The molecule has 0 fully saturated rings. The van der Waals surface area contributed by atoms with Crippen molar-refractivity contribution in [1.29, 1.82) is 5.41 Å². The van der Waals surface area contributed by atoms with E-state index in [0.29, 0.717) is 6.54 Å². The second-order valence-electron chi connectivity index (χ2n) is 4.45. The summed E-state index contributed by atoms with van der Waals surface area (Å²) in [7, 11) is 1.95. The largest absolute Gasteiger partial charge is 0.387 e. The van der Waals surface area contributed by atoms with Crippen LogP contribution in [-0.2, 0) is 0 Å². The summed E-state index contributed by atoms with van der Waals surface area (Å²) in [6.07, 6.45) is 1.56. The molecule has 1 atom stereocenters. The van der Waals surface area contributed by atoms with Crippen molar-refractivity contribution >= 4 is 22.6 Å². The Morgan fingerprint density at radius 2 is 2.11 bits per heavy atom. The van der Waals surface area contributed by atoms with E-state index < -0.39 is 0 Å². The number of amidine groups is 1. The number of anilines is 1. The molecule has 0 aliphatic carbocycles. The van der Waals surface area contributed by atoms with Crippen LogP contribution in [-0.4, -0.2) is 29.4 Å². The Bertz CT molecular complexity index is 561. The van der Waals surface area contributed by atoms with Crippen molar-refractivity contribution in [3.8, 4) is 0 Å². The van der Waals surface area contributed by atoms with Gasteiger partial charge in [0.2, 0.25) is 0 Å². The van der Waals surface area contributed by atoms with Crippen LogP contribution in [0.25, 0.3) is 10.9 Å². The Morgan fingerprint density at radius 3 is 2.83 bits per heavy atom. The zero-order chi connectivity index (χ0) is 13.1. The van der Waals surface area contributed by atoms with Crippen molar-refractivity contribution in [2.75, 3.05) is 18.5 Å². The Balaban J connectivity index is 2.33. The fraction of sp³-hybridized carbons (Fsp3) is 0.308. The molecule has 0 aliphatic rings. The maximum Gasteiger partial charge on any atom is 0.139 e. The van der Waals surface area contributed by atoms with E-state index in [1.54, 1.807) is 6.33 Å². The summed E-state index contributed by atoms with van der Waals surface area (Å²) in [6, 6.07) is 7.89. The van der Waals surface area contributed by atoms with Crippen LogP contribution in [0.4, 0.5) is 5.82 Å². The number of hydrogen-bond donors (Lipinski definition) is 2. The molecule has 0 saturated heterocycles. The van der Waals surface area contributed by atoms with Gasteiger partial charge in [-0.1, -0.05) is 19.1 Å². The van der Waals surface area contributed by atoms with E-state index in [2.05, 4.69) is 9.97 Å². The van der Waals surface area contributed by atoms with Gasteiger partial charge in [0.15, 0.2) is 0 Å². The summed E-state index contributed by atoms with van der Waals surface area (Å²) in [5.74, 6) is 1.07. The number of fused-ring (bicyclic) bond motifs is 1. The predicted octanol–water partition coefficient (Wildman–Crippen LogP) is 1.64. The molecule has 0 spiro atoms. The maximum absolute atomic E-state index is 7.44. The summed E-state index contributed by atoms with van der Waals surface area (Å²) >= 11 is 0. The number of para-hydroxylation sites is 1. The number of nitrogens with one attached hydrogen (secondary N) is 1. The lowest BCUT2D eigenvalue weighted by Gasteiger charge is -2.22. The summed E-state index contributed by atoms with van der Waals surface area (Å²) in [5.41, 5.74) is 6.42. The minimum Gasteiger partial charge on any atom is -0.387 e. The van der Waals surface area contributed by atoms with Gasteiger partial charge in [0.1, 0.15) is 12.1 Å². The first-order valence-corrected chi connectivity index (χ1v) is 5.84. The summed E-state index contributed by atoms with van der Waals surface area (Å²) in [6.45, 7) is 2.60. The number of aromatic nitrogens is 2. The van der Waals surface area contributed by atoms with Gasteiger partial charge in [0.05, 0.1) is 11.4 Å². The van der Waals surface area contributed by atoms with Crippen LogP contribution < -0.4 is 10.6 Å².